The number of anilines is 1. The van der Waals surface area contributed by atoms with Gasteiger partial charge in [-0.3, -0.25) is 4.79 Å². The highest BCUT2D eigenvalue weighted by Crippen LogP contribution is 2.33. The molecule has 0 N–H and O–H groups in total. The molecular weight excluding hydrogens is 206 g/mol. The first kappa shape index (κ1) is 10.8. The van der Waals surface area contributed by atoms with Gasteiger partial charge in [0.05, 0.1) is 13.2 Å². The second-order valence-electron chi connectivity index (χ2n) is 3.76. The van der Waals surface area contributed by atoms with Crippen molar-refractivity contribution in [3.8, 4) is 11.5 Å². The molecule has 4 nitrogen and oxygen atoms in total. The van der Waals surface area contributed by atoms with Crippen LogP contribution in [0.5, 0.6) is 11.5 Å². The number of carbonyl (C=O) groups excluding carboxylic acids is 1. The Morgan fingerprint density at radius 2 is 1.94 bits per heavy atom. The summed E-state index contributed by atoms with van der Waals surface area (Å²) in [5, 5.41) is 0. The van der Waals surface area contributed by atoms with Crippen LogP contribution in [0.3, 0.4) is 0 Å². The van der Waals surface area contributed by atoms with Crippen LogP contribution in [0, 0.1) is 0 Å². The molecule has 16 heavy (non-hydrogen) atoms. The molecule has 1 aliphatic rings. The van der Waals surface area contributed by atoms with E-state index in [1.165, 1.54) is 6.92 Å². The van der Waals surface area contributed by atoms with Gasteiger partial charge in [-0.15, -0.1) is 0 Å². The molecule has 0 saturated heterocycles. The lowest BCUT2D eigenvalue weighted by atomic mass is 10.2. The average Bonchev–Trinajstić information content (AvgIpc) is 2.51. The molecule has 0 spiro atoms. The molecule has 0 aliphatic carbocycles. The Morgan fingerprint density at radius 3 is 2.62 bits per heavy atom. The quantitative estimate of drug-likeness (QED) is 0.726. The smallest absolute Gasteiger partial charge is 0.223 e. The summed E-state index contributed by atoms with van der Waals surface area (Å²) in [5.41, 5.74) is 0.816. The van der Waals surface area contributed by atoms with E-state index in [1.807, 2.05) is 18.2 Å². The van der Waals surface area contributed by atoms with E-state index in [-0.39, 0.29) is 5.91 Å². The summed E-state index contributed by atoms with van der Waals surface area (Å²) in [5.74, 6) is 1.45. The summed E-state index contributed by atoms with van der Waals surface area (Å²) in [7, 11) is 1.74. The van der Waals surface area contributed by atoms with Crippen LogP contribution < -0.4 is 14.4 Å². The average molecular weight is 221 g/mol. The summed E-state index contributed by atoms with van der Waals surface area (Å²) >= 11 is 0. The molecule has 0 fully saturated rings. The molecular formula is C12H15NO3. The summed E-state index contributed by atoms with van der Waals surface area (Å²) in [6.45, 7) is 2.86. The summed E-state index contributed by atoms with van der Waals surface area (Å²) < 4.78 is 11.1. The highest BCUT2D eigenvalue weighted by Gasteiger charge is 2.13. The van der Waals surface area contributed by atoms with Crippen LogP contribution in [-0.4, -0.2) is 26.2 Å². The maximum absolute atomic E-state index is 11.2. The molecule has 86 valence electrons. The predicted molar refractivity (Wildman–Crippen MR) is 61.1 cm³/mol. The Morgan fingerprint density at radius 1 is 1.25 bits per heavy atom. The number of benzene rings is 1. The predicted octanol–water partition coefficient (Wildman–Crippen LogP) is 1.83. The first-order valence-corrected chi connectivity index (χ1v) is 5.32. The number of hydrogen-bond donors (Lipinski definition) is 0. The van der Waals surface area contributed by atoms with E-state index < -0.39 is 0 Å². The number of carbonyl (C=O) groups is 1. The van der Waals surface area contributed by atoms with Crippen LogP contribution in [0.15, 0.2) is 18.2 Å². The Hall–Kier alpha value is -1.71. The molecule has 1 amide bonds. The number of hydrogen-bond acceptors (Lipinski definition) is 3. The normalized spacial score (nSPS) is 14.1. The largest absolute Gasteiger partial charge is 0.490 e. The Kier molecular flexibility index (Phi) is 2.99. The fourth-order valence-corrected chi connectivity index (χ4v) is 1.54. The van der Waals surface area contributed by atoms with Gasteiger partial charge in [0.1, 0.15) is 0 Å². The van der Waals surface area contributed by atoms with Crippen molar-refractivity contribution < 1.29 is 14.3 Å². The van der Waals surface area contributed by atoms with Crippen molar-refractivity contribution in [2.75, 3.05) is 25.2 Å². The van der Waals surface area contributed by atoms with Crippen LogP contribution in [0.4, 0.5) is 5.69 Å². The number of amides is 1. The molecule has 1 aromatic carbocycles. The highest BCUT2D eigenvalue weighted by atomic mass is 16.5. The molecule has 0 bridgehead atoms. The number of fused-ring (bicyclic) bond motifs is 1. The van der Waals surface area contributed by atoms with Crippen molar-refractivity contribution in [2.24, 2.45) is 0 Å². The van der Waals surface area contributed by atoms with Gasteiger partial charge in [-0.2, -0.15) is 0 Å². The van der Waals surface area contributed by atoms with Gasteiger partial charge in [-0.05, 0) is 12.1 Å². The second kappa shape index (κ2) is 4.43. The minimum Gasteiger partial charge on any atom is -0.490 e. The molecule has 0 atom stereocenters. The van der Waals surface area contributed by atoms with Gasteiger partial charge in [0, 0.05) is 32.1 Å². The molecule has 1 aromatic rings. The fraction of sp³-hybridized carbons (Fsp3) is 0.417. The highest BCUT2D eigenvalue weighted by molar-refractivity contribution is 5.91. The van der Waals surface area contributed by atoms with E-state index in [0.29, 0.717) is 19.0 Å². The topological polar surface area (TPSA) is 38.8 Å². The first-order chi connectivity index (χ1) is 7.68. The lowest BCUT2D eigenvalue weighted by molar-refractivity contribution is -0.116. The van der Waals surface area contributed by atoms with E-state index >= 15 is 0 Å². The van der Waals surface area contributed by atoms with E-state index in [1.54, 1.807) is 11.9 Å². The maximum Gasteiger partial charge on any atom is 0.223 e. The second-order valence-corrected chi connectivity index (χ2v) is 3.76. The van der Waals surface area contributed by atoms with E-state index in [0.717, 1.165) is 17.9 Å². The minimum atomic E-state index is -0.00510. The van der Waals surface area contributed by atoms with Crippen LogP contribution >= 0.6 is 0 Å². The van der Waals surface area contributed by atoms with Crippen LogP contribution in [0.1, 0.15) is 13.3 Å². The van der Waals surface area contributed by atoms with Crippen molar-refractivity contribution in [1.29, 1.82) is 0 Å². The minimum absolute atomic E-state index is 0.00510. The Balaban J connectivity index is 2.30. The van der Waals surface area contributed by atoms with Crippen LogP contribution in [0.2, 0.25) is 0 Å². The molecule has 0 saturated carbocycles. The van der Waals surface area contributed by atoms with Crippen molar-refractivity contribution in [1.82, 2.24) is 0 Å². The van der Waals surface area contributed by atoms with Gasteiger partial charge in [0.2, 0.25) is 5.91 Å². The van der Waals surface area contributed by atoms with E-state index in [4.69, 9.17) is 9.47 Å². The van der Waals surface area contributed by atoms with Gasteiger partial charge in [-0.25, -0.2) is 0 Å². The molecule has 1 aliphatic heterocycles. The van der Waals surface area contributed by atoms with Gasteiger partial charge in [0.15, 0.2) is 11.5 Å². The zero-order valence-corrected chi connectivity index (χ0v) is 9.53. The first-order valence-electron chi connectivity index (χ1n) is 5.32. The van der Waals surface area contributed by atoms with Crippen molar-refractivity contribution >= 4 is 11.6 Å². The van der Waals surface area contributed by atoms with Crippen molar-refractivity contribution in [3.05, 3.63) is 18.2 Å². The summed E-state index contributed by atoms with van der Waals surface area (Å²) in [4.78, 5) is 12.8. The van der Waals surface area contributed by atoms with Gasteiger partial charge in [0.25, 0.3) is 0 Å². The summed E-state index contributed by atoms with van der Waals surface area (Å²) in [6.07, 6.45) is 0.882. The Labute approximate surface area is 94.8 Å². The molecule has 0 aromatic heterocycles. The third kappa shape index (κ3) is 2.10. The lowest BCUT2D eigenvalue weighted by Gasteiger charge is -2.16. The van der Waals surface area contributed by atoms with Crippen molar-refractivity contribution in [2.45, 2.75) is 13.3 Å². The molecule has 2 rings (SSSR count). The monoisotopic (exact) mass is 221 g/mol. The molecule has 4 heteroatoms. The third-order valence-electron chi connectivity index (χ3n) is 2.59. The molecule has 0 radical (unpaired) electrons. The lowest BCUT2D eigenvalue weighted by Crippen LogP contribution is -2.22. The van der Waals surface area contributed by atoms with Gasteiger partial charge < -0.3 is 14.4 Å². The van der Waals surface area contributed by atoms with Crippen molar-refractivity contribution in [3.63, 3.8) is 0 Å². The summed E-state index contributed by atoms with van der Waals surface area (Å²) in [6, 6.07) is 5.53. The number of rotatable bonds is 1. The van der Waals surface area contributed by atoms with E-state index in [2.05, 4.69) is 0 Å². The molecule has 0 unspecified atom stereocenters. The SMILES string of the molecule is CC(=O)N(C)c1ccc2c(c1)OCCCO2. The van der Waals surface area contributed by atoms with Gasteiger partial charge in [-0.1, -0.05) is 0 Å². The van der Waals surface area contributed by atoms with Gasteiger partial charge >= 0.3 is 0 Å². The number of nitrogens with zero attached hydrogens (tertiary/aromatic N) is 1. The zero-order chi connectivity index (χ0) is 11.5. The van der Waals surface area contributed by atoms with E-state index in [9.17, 15) is 4.79 Å². The third-order valence-corrected chi connectivity index (χ3v) is 2.59. The van der Waals surface area contributed by atoms with Crippen LogP contribution in [0.25, 0.3) is 0 Å². The standard InChI is InChI=1S/C12H15NO3/c1-9(14)13(2)10-4-5-11-12(8-10)16-7-3-6-15-11/h4-5,8H,3,6-7H2,1-2H3. The molecule has 1 heterocycles. The zero-order valence-electron chi connectivity index (χ0n) is 9.53. The number of ether oxygens (including phenoxy) is 2. The van der Waals surface area contributed by atoms with Crippen LogP contribution in [-0.2, 0) is 4.79 Å². The maximum atomic E-state index is 11.2. The Bertz CT molecular complexity index is 403. The fourth-order valence-electron chi connectivity index (χ4n) is 1.54.